The van der Waals surface area contributed by atoms with Crippen molar-refractivity contribution in [1.29, 1.82) is 0 Å². The largest absolute Gasteiger partial charge is 0.331 e. The van der Waals surface area contributed by atoms with Crippen LogP contribution in [0.4, 0.5) is 0 Å². The van der Waals surface area contributed by atoms with Crippen LogP contribution in [-0.2, 0) is 9.09 Å². The van der Waals surface area contributed by atoms with Crippen LogP contribution in [0.15, 0.2) is 25.3 Å². The van der Waals surface area contributed by atoms with E-state index in [9.17, 15) is 4.57 Å². The first kappa shape index (κ1) is 9.67. The maximum absolute atomic E-state index is 11.4. The van der Waals surface area contributed by atoms with Crippen LogP contribution in [0.1, 0.15) is 0 Å². The van der Waals surface area contributed by atoms with Crippen molar-refractivity contribution < 1.29 is 9.09 Å². The highest BCUT2D eigenvalue weighted by atomic mass is 31.2. The first-order valence-corrected chi connectivity index (χ1v) is 5.03. The van der Waals surface area contributed by atoms with Crippen molar-refractivity contribution in [2.75, 3.05) is 19.4 Å². The summed E-state index contributed by atoms with van der Waals surface area (Å²) in [4.78, 5) is 0. The molecule has 0 radical (unpaired) electrons. The minimum Gasteiger partial charge on any atom is -0.331 e. The summed E-state index contributed by atoms with van der Waals surface area (Å²) >= 11 is 0. The first-order valence-electron chi connectivity index (χ1n) is 3.04. The molecule has 0 spiro atoms. The molecule has 0 aromatic rings. The molecule has 0 amide bonds. The molecular formula is C7H13O2P. The Labute approximate surface area is 62.0 Å². The number of rotatable bonds is 5. The van der Waals surface area contributed by atoms with Crippen molar-refractivity contribution in [3.05, 3.63) is 25.3 Å². The van der Waals surface area contributed by atoms with Gasteiger partial charge >= 0.3 is 0 Å². The van der Waals surface area contributed by atoms with E-state index in [0.717, 1.165) is 0 Å². The van der Waals surface area contributed by atoms with E-state index >= 15 is 0 Å². The lowest BCUT2D eigenvalue weighted by Crippen LogP contribution is -1.92. The van der Waals surface area contributed by atoms with E-state index in [4.69, 9.17) is 4.52 Å². The van der Waals surface area contributed by atoms with Crippen molar-refractivity contribution in [2.45, 2.75) is 0 Å². The minimum atomic E-state index is -2.44. The first-order chi connectivity index (χ1) is 4.68. The van der Waals surface area contributed by atoms with E-state index in [1.807, 2.05) is 0 Å². The van der Waals surface area contributed by atoms with Crippen molar-refractivity contribution in [3.8, 4) is 0 Å². The lowest BCUT2D eigenvalue weighted by atomic mass is 10.8. The molecule has 2 nitrogen and oxygen atoms in total. The predicted octanol–water partition coefficient (Wildman–Crippen LogP) is 2.28. The summed E-state index contributed by atoms with van der Waals surface area (Å²) < 4.78 is 16.2. The third-order valence-corrected chi connectivity index (χ3v) is 3.44. The van der Waals surface area contributed by atoms with Gasteiger partial charge in [-0.2, -0.15) is 0 Å². The van der Waals surface area contributed by atoms with Gasteiger partial charge in [-0.05, 0) is 0 Å². The SMILES string of the molecule is C=CCP(=O)(CC=C)OC. The Morgan fingerprint density at radius 1 is 1.40 bits per heavy atom. The van der Waals surface area contributed by atoms with Crippen LogP contribution in [-0.4, -0.2) is 19.4 Å². The topological polar surface area (TPSA) is 26.3 Å². The minimum absolute atomic E-state index is 0.426. The van der Waals surface area contributed by atoms with Crippen molar-refractivity contribution in [1.82, 2.24) is 0 Å². The highest BCUT2D eigenvalue weighted by molar-refractivity contribution is 7.59. The second-order valence-electron chi connectivity index (χ2n) is 1.94. The van der Waals surface area contributed by atoms with E-state index in [0.29, 0.717) is 12.3 Å². The predicted molar refractivity (Wildman–Crippen MR) is 44.7 cm³/mol. The molecular weight excluding hydrogens is 147 g/mol. The number of allylic oxidation sites excluding steroid dienone is 2. The molecule has 0 aliphatic heterocycles. The lowest BCUT2D eigenvalue weighted by molar-refractivity contribution is 0.398. The lowest BCUT2D eigenvalue weighted by Gasteiger charge is -2.10. The molecule has 0 rings (SSSR count). The third-order valence-electron chi connectivity index (χ3n) is 1.15. The van der Waals surface area contributed by atoms with Gasteiger partial charge in [-0.25, -0.2) is 0 Å². The van der Waals surface area contributed by atoms with Crippen LogP contribution < -0.4 is 0 Å². The third kappa shape index (κ3) is 3.00. The molecule has 0 N–H and O–H groups in total. The summed E-state index contributed by atoms with van der Waals surface area (Å²) in [6, 6.07) is 0. The van der Waals surface area contributed by atoms with Gasteiger partial charge in [0, 0.05) is 19.4 Å². The average Bonchev–Trinajstić information content (AvgIpc) is 1.89. The van der Waals surface area contributed by atoms with Crippen LogP contribution in [0.5, 0.6) is 0 Å². The molecule has 0 aromatic heterocycles. The molecule has 0 atom stereocenters. The van der Waals surface area contributed by atoms with Crippen LogP contribution in [0.3, 0.4) is 0 Å². The van der Waals surface area contributed by atoms with Gasteiger partial charge in [0.1, 0.15) is 0 Å². The van der Waals surface area contributed by atoms with E-state index in [2.05, 4.69) is 13.2 Å². The normalized spacial score (nSPS) is 10.9. The van der Waals surface area contributed by atoms with Gasteiger partial charge in [-0.3, -0.25) is 4.57 Å². The molecule has 0 bridgehead atoms. The molecule has 0 unspecified atom stereocenters. The van der Waals surface area contributed by atoms with Gasteiger partial charge in [-0.1, -0.05) is 12.2 Å². The molecule has 0 fully saturated rings. The fourth-order valence-corrected chi connectivity index (χ4v) is 1.85. The van der Waals surface area contributed by atoms with E-state index in [1.165, 1.54) is 7.11 Å². The van der Waals surface area contributed by atoms with Gasteiger partial charge in [0.2, 0.25) is 7.37 Å². The smallest absolute Gasteiger partial charge is 0.210 e. The highest BCUT2D eigenvalue weighted by Gasteiger charge is 2.16. The van der Waals surface area contributed by atoms with Crippen LogP contribution in [0, 0.1) is 0 Å². The molecule has 0 aliphatic rings. The average molecular weight is 160 g/mol. The Morgan fingerprint density at radius 3 is 2.00 bits per heavy atom. The Morgan fingerprint density at radius 2 is 1.80 bits per heavy atom. The van der Waals surface area contributed by atoms with Gasteiger partial charge in [0.15, 0.2) is 0 Å². The highest BCUT2D eigenvalue weighted by Crippen LogP contribution is 2.45. The molecule has 10 heavy (non-hydrogen) atoms. The zero-order chi connectivity index (χ0) is 8.04. The molecule has 0 aromatic carbocycles. The van der Waals surface area contributed by atoms with Crippen LogP contribution in [0.25, 0.3) is 0 Å². The van der Waals surface area contributed by atoms with Gasteiger partial charge in [0.25, 0.3) is 0 Å². The summed E-state index contributed by atoms with van der Waals surface area (Å²) in [6.07, 6.45) is 4.06. The van der Waals surface area contributed by atoms with Crippen LogP contribution in [0.2, 0.25) is 0 Å². The number of hydrogen-bond donors (Lipinski definition) is 0. The fraction of sp³-hybridized carbons (Fsp3) is 0.429. The zero-order valence-electron chi connectivity index (χ0n) is 6.25. The second-order valence-corrected chi connectivity index (χ2v) is 4.66. The number of hydrogen-bond acceptors (Lipinski definition) is 2. The molecule has 0 aliphatic carbocycles. The van der Waals surface area contributed by atoms with Crippen molar-refractivity contribution in [3.63, 3.8) is 0 Å². The Kier molecular flexibility index (Phi) is 4.33. The summed E-state index contributed by atoms with van der Waals surface area (Å²) in [5.74, 6) is 0. The second kappa shape index (κ2) is 4.48. The van der Waals surface area contributed by atoms with E-state index < -0.39 is 7.37 Å². The molecule has 0 saturated heterocycles. The summed E-state index contributed by atoms with van der Waals surface area (Å²) in [5, 5.41) is 0. The molecule has 0 saturated carbocycles. The zero-order valence-corrected chi connectivity index (χ0v) is 7.14. The van der Waals surface area contributed by atoms with E-state index in [1.54, 1.807) is 12.2 Å². The summed E-state index contributed by atoms with van der Waals surface area (Å²) in [5.41, 5.74) is 0. The molecule has 58 valence electrons. The Balaban J connectivity index is 4.07. The fourth-order valence-electron chi connectivity index (χ4n) is 0.617. The maximum atomic E-state index is 11.4. The maximum Gasteiger partial charge on any atom is 0.210 e. The van der Waals surface area contributed by atoms with Gasteiger partial charge in [0.05, 0.1) is 0 Å². The van der Waals surface area contributed by atoms with Crippen molar-refractivity contribution in [2.24, 2.45) is 0 Å². The van der Waals surface area contributed by atoms with E-state index in [-0.39, 0.29) is 0 Å². The monoisotopic (exact) mass is 160 g/mol. The van der Waals surface area contributed by atoms with Crippen LogP contribution >= 0.6 is 7.37 Å². The molecule has 3 heteroatoms. The summed E-state index contributed by atoms with van der Waals surface area (Å²) in [7, 11) is -0.984. The van der Waals surface area contributed by atoms with Gasteiger partial charge < -0.3 is 4.52 Å². The quantitative estimate of drug-likeness (QED) is 0.455. The Bertz CT molecular complexity index is 149. The molecule has 0 heterocycles. The Hall–Kier alpha value is -0.330. The summed E-state index contributed by atoms with van der Waals surface area (Å²) in [6.45, 7) is 6.98. The van der Waals surface area contributed by atoms with Gasteiger partial charge in [-0.15, -0.1) is 13.2 Å². The standard InChI is InChI=1S/C7H13O2P/c1-4-6-10(8,9-3)7-5-2/h4-5H,1-2,6-7H2,3H3. The van der Waals surface area contributed by atoms with Crippen molar-refractivity contribution >= 4 is 7.37 Å².